The Morgan fingerprint density at radius 1 is 1.53 bits per heavy atom. The molecule has 0 aliphatic rings. The number of anilines is 1. The minimum Gasteiger partial charge on any atom is -0.391 e. The summed E-state index contributed by atoms with van der Waals surface area (Å²) in [6.45, 7) is 1.53. The van der Waals surface area contributed by atoms with Crippen LogP contribution in [0, 0.1) is 6.92 Å². The highest BCUT2D eigenvalue weighted by atomic mass is 79.9. The van der Waals surface area contributed by atoms with Crippen molar-refractivity contribution in [3.05, 3.63) is 38.6 Å². The second-order valence-corrected chi connectivity index (χ2v) is 7.58. The third-order valence-corrected chi connectivity index (χ3v) is 5.63. The maximum Gasteiger partial charge on any atom is 0.264 e. The summed E-state index contributed by atoms with van der Waals surface area (Å²) >= 11 is 4.49. The van der Waals surface area contributed by atoms with Crippen LogP contribution in [0.3, 0.4) is 0 Å². The van der Waals surface area contributed by atoms with Gasteiger partial charge in [0.1, 0.15) is 4.90 Å². The highest BCUT2D eigenvalue weighted by molar-refractivity contribution is 9.10. The highest BCUT2D eigenvalue weighted by Crippen LogP contribution is 2.28. The van der Waals surface area contributed by atoms with E-state index in [4.69, 9.17) is 5.11 Å². The number of thiophene rings is 1. The zero-order valence-electron chi connectivity index (χ0n) is 9.92. The molecule has 0 fully saturated rings. The average Bonchev–Trinajstić information content (AvgIpc) is 2.74. The fourth-order valence-corrected chi connectivity index (χ4v) is 4.52. The summed E-state index contributed by atoms with van der Waals surface area (Å²) < 4.78 is 27.5. The Kier molecular flexibility index (Phi) is 4.24. The first-order chi connectivity index (χ1) is 8.94. The maximum absolute atomic E-state index is 12.3. The molecule has 8 heteroatoms. The molecule has 0 saturated heterocycles. The van der Waals surface area contributed by atoms with E-state index >= 15 is 0 Å². The molecule has 2 rings (SSSR count). The van der Waals surface area contributed by atoms with Gasteiger partial charge < -0.3 is 5.11 Å². The highest BCUT2D eigenvalue weighted by Gasteiger charge is 2.21. The van der Waals surface area contributed by atoms with Gasteiger partial charge in [0.05, 0.1) is 11.1 Å². The van der Waals surface area contributed by atoms with Crippen molar-refractivity contribution >= 4 is 43.1 Å². The van der Waals surface area contributed by atoms with Gasteiger partial charge in [-0.15, -0.1) is 11.3 Å². The Bertz CT molecular complexity index is 698. The van der Waals surface area contributed by atoms with Crippen LogP contribution >= 0.6 is 27.3 Å². The van der Waals surface area contributed by atoms with E-state index in [9.17, 15) is 8.42 Å². The fourth-order valence-electron chi connectivity index (χ4n) is 1.51. The summed E-state index contributed by atoms with van der Waals surface area (Å²) in [5.74, 6) is 0.235. The average molecular weight is 363 g/mol. The van der Waals surface area contributed by atoms with E-state index in [0.717, 1.165) is 0 Å². The summed E-state index contributed by atoms with van der Waals surface area (Å²) in [6, 6.07) is 4.87. The number of nitrogens with zero attached hydrogens (tertiary/aromatic N) is 1. The van der Waals surface area contributed by atoms with Crippen LogP contribution in [0.15, 0.2) is 33.8 Å². The van der Waals surface area contributed by atoms with Crippen molar-refractivity contribution < 1.29 is 13.5 Å². The molecular formula is C11H11BrN2O3S2. The molecule has 0 saturated carbocycles. The third kappa shape index (κ3) is 3.14. The molecule has 102 valence electrons. The number of halogens is 1. The van der Waals surface area contributed by atoms with Gasteiger partial charge in [0.25, 0.3) is 10.0 Å². The van der Waals surface area contributed by atoms with Crippen LogP contribution in [0.4, 0.5) is 5.82 Å². The van der Waals surface area contributed by atoms with Gasteiger partial charge in [0, 0.05) is 16.0 Å². The molecule has 2 heterocycles. The molecule has 0 spiro atoms. The van der Waals surface area contributed by atoms with Gasteiger partial charge in [-0.1, -0.05) is 0 Å². The molecule has 0 aromatic carbocycles. The monoisotopic (exact) mass is 362 g/mol. The molecule has 2 aromatic rings. The molecule has 5 nitrogen and oxygen atoms in total. The standard InChI is InChI=1S/C11H11BrN2O3S2/c1-7-10(5-8(6-15)18-7)19(16,17)14-11-9(12)3-2-4-13-11/h2-5,15H,6H2,1H3,(H,13,14). The van der Waals surface area contributed by atoms with E-state index in [1.165, 1.54) is 23.6 Å². The Labute approximate surface area is 123 Å². The smallest absolute Gasteiger partial charge is 0.264 e. The van der Waals surface area contributed by atoms with Crippen molar-refractivity contribution in [3.8, 4) is 0 Å². The molecule has 0 aliphatic carbocycles. The van der Waals surface area contributed by atoms with Crippen LogP contribution in [0.1, 0.15) is 9.75 Å². The molecule has 0 amide bonds. The van der Waals surface area contributed by atoms with E-state index in [2.05, 4.69) is 25.6 Å². The first kappa shape index (κ1) is 14.4. The number of pyridine rings is 1. The van der Waals surface area contributed by atoms with Crippen LogP contribution in [0.25, 0.3) is 0 Å². The molecule has 0 bridgehead atoms. The molecule has 0 atom stereocenters. The molecular weight excluding hydrogens is 352 g/mol. The molecule has 0 unspecified atom stereocenters. The number of aromatic nitrogens is 1. The number of hydrogen-bond donors (Lipinski definition) is 2. The summed E-state index contributed by atoms with van der Waals surface area (Å²) in [5, 5.41) is 9.05. The van der Waals surface area contributed by atoms with Gasteiger partial charge in [-0.25, -0.2) is 13.4 Å². The van der Waals surface area contributed by atoms with Gasteiger partial charge in [-0.3, -0.25) is 4.72 Å². The number of aliphatic hydroxyl groups excluding tert-OH is 1. The molecule has 2 aromatic heterocycles. The number of sulfonamides is 1. The number of aryl methyl sites for hydroxylation is 1. The van der Waals surface area contributed by atoms with Crippen molar-refractivity contribution in [3.63, 3.8) is 0 Å². The van der Waals surface area contributed by atoms with Gasteiger partial charge in [0.15, 0.2) is 5.82 Å². The minimum atomic E-state index is -3.70. The summed E-state index contributed by atoms with van der Waals surface area (Å²) in [5.41, 5.74) is 0. The number of hydrogen-bond acceptors (Lipinski definition) is 5. The largest absolute Gasteiger partial charge is 0.391 e. The Morgan fingerprint density at radius 3 is 2.84 bits per heavy atom. The lowest BCUT2D eigenvalue weighted by Crippen LogP contribution is -2.14. The van der Waals surface area contributed by atoms with Crippen molar-refractivity contribution in [1.82, 2.24) is 4.98 Å². The predicted molar refractivity (Wildman–Crippen MR) is 77.7 cm³/mol. The van der Waals surface area contributed by atoms with Crippen molar-refractivity contribution in [2.24, 2.45) is 0 Å². The lowest BCUT2D eigenvalue weighted by Gasteiger charge is -2.07. The Balaban J connectivity index is 2.38. The summed E-state index contributed by atoms with van der Waals surface area (Å²) in [7, 11) is -3.70. The zero-order chi connectivity index (χ0) is 14.0. The van der Waals surface area contributed by atoms with Crippen molar-refractivity contribution in [2.45, 2.75) is 18.4 Å². The Morgan fingerprint density at radius 2 is 2.26 bits per heavy atom. The zero-order valence-corrected chi connectivity index (χ0v) is 13.1. The Hall–Kier alpha value is -0.960. The van der Waals surface area contributed by atoms with Gasteiger partial charge in [-0.05, 0) is 41.1 Å². The molecule has 0 aliphatic heterocycles. The third-order valence-electron chi connectivity index (χ3n) is 2.36. The van der Waals surface area contributed by atoms with E-state index in [1.54, 1.807) is 19.1 Å². The first-order valence-corrected chi connectivity index (χ1v) is 8.37. The van der Waals surface area contributed by atoms with Gasteiger partial charge >= 0.3 is 0 Å². The normalized spacial score (nSPS) is 11.5. The maximum atomic E-state index is 12.3. The second-order valence-electron chi connectivity index (χ2n) is 3.73. The van der Waals surface area contributed by atoms with E-state index in [1.807, 2.05) is 0 Å². The van der Waals surface area contributed by atoms with E-state index < -0.39 is 10.0 Å². The van der Waals surface area contributed by atoms with E-state index in [-0.39, 0.29) is 17.3 Å². The topological polar surface area (TPSA) is 79.3 Å². The number of rotatable bonds is 4. The van der Waals surface area contributed by atoms with Crippen molar-refractivity contribution in [1.29, 1.82) is 0 Å². The first-order valence-electron chi connectivity index (χ1n) is 5.27. The second kappa shape index (κ2) is 5.58. The molecule has 2 N–H and O–H groups in total. The van der Waals surface area contributed by atoms with Crippen LogP contribution in [-0.4, -0.2) is 18.5 Å². The lowest BCUT2D eigenvalue weighted by atomic mass is 10.4. The van der Waals surface area contributed by atoms with Crippen LogP contribution in [-0.2, 0) is 16.6 Å². The SMILES string of the molecule is Cc1sc(CO)cc1S(=O)(=O)Nc1ncccc1Br. The van der Waals surface area contributed by atoms with Crippen LogP contribution in [0.2, 0.25) is 0 Å². The van der Waals surface area contributed by atoms with Crippen molar-refractivity contribution in [2.75, 3.05) is 4.72 Å². The summed E-state index contributed by atoms with van der Waals surface area (Å²) in [4.78, 5) is 5.37. The quantitative estimate of drug-likeness (QED) is 0.875. The van der Waals surface area contributed by atoms with Gasteiger partial charge in [-0.2, -0.15) is 0 Å². The lowest BCUT2D eigenvalue weighted by molar-refractivity contribution is 0.285. The minimum absolute atomic E-state index is 0.166. The van der Waals surface area contributed by atoms with Crippen LogP contribution < -0.4 is 4.72 Å². The molecule has 0 radical (unpaired) electrons. The number of aliphatic hydroxyl groups is 1. The molecule has 19 heavy (non-hydrogen) atoms. The van der Waals surface area contributed by atoms with E-state index in [0.29, 0.717) is 14.2 Å². The summed E-state index contributed by atoms with van der Waals surface area (Å²) in [6.07, 6.45) is 1.50. The van der Waals surface area contributed by atoms with Gasteiger partial charge in [0.2, 0.25) is 0 Å². The van der Waals surface area contributed by atoms with Crippen LogP contribution in [0.5, 0.6) is 0 Å². The predicted octanol–water partition coefficient (Wildman–Crippen LogP) is 2.51. The number of nitrogens with one attached hydrogen (secondary N) is 1. The fraction of sp³-hybridized carbons (Fsp3) is 0.182.